The number of anilines is 1. The minimum absolute atomic E-state index is 0.470. The average Bonchev–Trinajstić information content (AvgIpc) is 2.86. The van der Waals surface area contributed by atoms with Crippen LogP contribution >= 0.6 is 23.1 Å². The number of urea groups is 1. The molecule has 0 radical (unpaired) electrons. The van der Waals surface area contributed by atoms with Crippen LogP contribution in [0.4, 0.5) is 10.5 Å². The molecule has 0 unspecified atom stereocenters. The van der Waals surface area contributed by atoms with E-state index in [0.29, 0.717) is 10.8 Å². The highest BCUT2D eigenvalue weighted by molar-refractivity contribution is 8.01. The van der Waals surface area contributed by atoms with Gasteiger partial charge in [0.05, 0.1) is 9.90 Å². The maximum Gasteiger partial charge on any atom is 0.345 e. The van der Waals surface area contributed by atoms with Crippen LogP contribution < -0.4 is 10.4 Å². The van der Waals surface area contributed by atoms with Crippen LogP contribution in [0.25, 0.3) is 0 Å². The first-order valence-corrected chi connectivity index (χ1v) is 6.92. The van der Waals surface area contributed by atoms with Crippen LogP contribution in [-0.2, 0) is 0 Å². The van der Waals surface area contributed by atoms with E-state index in [0.717, 1.165) is 9.10 Å². The number of hydrogen-bond donors (Lipinski definition) is 2. The number of amides is 2. The van der Waals surface area contributed by atoms with Crippen molar-refractivity contribution >= 4 is 34.8 Å². The lowest BCUT2D eigenvalue weighted by molar-refractivity contribution is 0.206. The molecule has 6 heteroatoms. The van der Waals surface area contributed by atoms with Gasteiger partial charge in [0.1, 0.15) is 0 Å². The summed E-state index contributed by atoms with van der Waals surface area (Å²) in [5, 5.41) is 14.3. The Morgan fingerprint density at radius 1 is 1.39 bits per heavy atom. The zero-order valence-electron chi connectivity index (χ0n) is 9.66. The Morgan fingerprint density at radius 2 is 2.11 bits per heavy atom. The lowest BCUT2D eigenvalue weighted by Gasteiger charge is -2.11. The second-order valence-electron chi connectivity index (χ2n) is 3.41. The fraction of sp³-hybridized carbons (Fsp3) is 0.0833. The number of carbonyl (C=O) groups excluding carboxylic acids is 1. The van der Waals surface area contributed by atoms with E-state index in [1.165, 1.54) is 18.4 Å². The van der Waals surface area contributed by atoms with Crippen molar-refractivity contribution < 1.29 is 10.0 Å². The molecular formula is C12H12N2O2S2. The van der Waals surface area contributed by atoms with Gasteiger partial charge in [-0.3, -0.25) is 5.21 Å². The summed E-state index contributed by atoms with van der Waals surface area (Å²) in [6.07, 6.45) is 0. The van der Waals surface area contributed by atoms with Crippen LogP contribution in [-0.4, -0.2) is 18.3 Å². The largest absolute Gasteiger partial charge is 0.345 e. The standard InChI is InChI=1S/C12H12N2O2S2/c1-13-12(15)14(16)9-7-11(17-8-9)18-10-5-3-2-4-6-10/h2-8,16H,1H3,(H,13,15). The van der Waals surface area contributed by atoms with Gasteiger partial charge < -0.3 is 5.32 Å². The number of nitrogens with one attached hydrogen (secondary N) is 1. The topological polar surface area (TPSA) is 52.6 Å². The molecule has 0 aliphatic heterocycles. The van der Waals surface area contributed by atoms with Crippen LogP contribution in [0.5, 0.6) is 0 Å². The van der Waals surface area contributed by atoms with Gasteiger partial charge in [-0.05, 0) is 18.2 Å². The SMILES string of the molecule is CNC(=O)N(O)c1csc(Sc2ccccc2)c1. The van der Waals surface area contributed by atoms with Crippen molar-refractivity contribution in [2.75, 3.05) is 12.1 Å². The van der Waals surface area contributed by atoms with Crippen molar-refractivity contribution in [3.8, 4) is 0 Å². The van der Waals surface area contributed by atoms with Gasteiger partial charge in [-0.2, -0.15) is 5.06 Å². The van der Waals surface area contributed by atoms with E-state index in [2.05, 4.69) is 5.32 Å². The van der Waals surface area contributed by atoms with Crippen molar-refractivity contribution in [2.45, 2.75) is 9.10 Å². The van der Waals surface area contributed by atoms with E-state index in [9.17, 15) is 10.0 Å². The monoisotopic (exact) mass is 280 g/mol. The maximum absolute atomic E-state index is 11.2. The van der Waals surface area contributed by atoms with E-state index < -0.39 is 6.03 Å². The molecule has 0 bridgehead atoms. The lowest BCUT2D eigenvalue weighted by atomic mass is 10.4. The summed E-state index contributed by atoms with van der Waals surface area (Å²) < 4.78 is 1.01. The second-order valence-corrected chi connectivity index (χ2v) is 5.69. The smallest absolute Gasteiger partial charge is 0.339 e. The number of hydroxylamine groups is 1. The van der Waals surface area contributed by atoms with Crippen molar-refractivity contribution in [3.05, 3.63) is 41.8 Å². The molecule has 1 heterocycles. The number of hydrogen-bond acceptors (Lipinski definition) is 4. The number of rotatable bonds is 3. The molecule has 2 rings (SSSR count). The molecule has 1 aromatic heterocycles. The molecule has 0 aliphatic carbocycles. The van der Waals surface area contributed by atoms with Gasteiger partial charge >= 0.3 is 6.03 Å². The van der Waals surface area contributed by atoms with Crippen LogP contribution in [0.15, 0.2) is 50.9 Å². The molecule has 2 aromatic rings. The fourth-order valence-electron chi connectivity index (χ4n) is 1.30. The van der Waals surface area contributed by atoms with Gasteiger partial charge in [0.15, 0.2) is 0 Å². The van der Waals surface area contributed by atoms with Gasteiger partial charge in [0.25, 0.3) is 0 Å². The molecule has 0 spiro atoms. The first kappa shape index (κ1) is 12.9. The maximum atomic E-state index is 11.2. The van der Waals surface area contributed by atoms with E-state index in [-0.39, 0.29) is 0 Å². The zero-order valence-corrected chi connectivity index (χ0v) is 11.3. The molecule has 0 saturated heterocycles. The molecule has 94 valence electrons. The molecule has 4 nitrogen and oxygen atoms in total. The van der Waals surface area contributed by atoms with E-state index >= 15 is 0 Å². The number of carbonyl (C=O) groups is 1. The summed E-state index contributed by atoms with van der Waals surface area (Å²) in [5.74, 6) is 0. The molecule has 0 aliphatic rings. The van der Waals surface area contributed by atoms with E-state index in [1.807, 2.05) is 30.3 Å². The van der Waals surface area contributed by atoms with Crippen LogP contribution in [0.2, 0.25) is 0 Å². The highest BCUT2D eigenvalue weighted by atomic mass is 32.2. The molecule has 1 aromatic carbocycles. The Bertz CT molecular complexity index is 528. The van der Waals surface area contributed by atoms with E-state index in [1.54, 1.807) is 23.2 Å². The summed E-state index contributed by atoms with van der Waals surface area (Å²) in [5.41, 5.74) is 0.470. The summed E-state index contributed by atoms with van der Waals surface area (Å²) in [6.45, 7) is 0. The van der Waals surface area contributed by atoms with Crippen molar-refractivity contribution in [1.82, 2.24) is 5.32 Å². The van der Waals surface area contributed by atoms with Crippen LogP contribution in [0, 0.1) is 0 Å². The number of nitrogens with zero attached hydrogens (tertiary/aromatic N) is 1. The average molecular weight is 280 g/mol. The molecular weight excluding hydrogens is 268 g/mol. The second kappa shape index (κ2) is 5.90. The lowest BCUT2D eigenvalue weighted by Crippen LogP contribution is -2.34. The Morgan fingerprint density at radius 3 is 2.78 bits per heavy atom. The van der Waals surface area contributed by atoms with Crippen LogP contribution in [0.1, 0.15) is 0 Å². The highest BCUT2D eigenvalue weighted by Crippen LogP contribution is 2.35. The van der Waals surface area contributed by atoms with Gasteiger partial charge in [0, 0.05) is 17.3 Å². The zero-order chi connectivity index (χ0) is 13.0. The Labute approximate surface area is 113 Å². The predicted octanol–water partition coefficient (Wildman–Crippen LogP) is 3.43. The molecule has 0 saturated carbocycles. The van der Waals surface area contributed by atoms with Gasteiger partial charge in [-0.1, -0.05) is 30.0 Å². The molecule has 0 fully saturated rings. The minimum atomic E-state index is -0.552. The summed E-state index contributed by atoms with van der Waals surface area (Å²) >= 11 is 3.08. The van der Waals surface area contributed by atoms with Gasteiger partial charge in [0.2, 0.25) is 0 Å². The molecule has 2 amide bonds. The third-order valence-corrected chi connectivity index (χ3v) is 4.25. The minimum Gasteiger partial charge on any atom is -0.339 e. The molecule has 0 atom stereocenters. The number of benzene rings is 1. The molecule has 2 N–H and O–H groups in total. The van der Waals surface area contributed by atoms with Crippen molar-refractivity contribution in [1.29, 1.82) is 0 Å². The Balaban J connectivity index is 2.09. The number of thiophene rings is 1. The van der Waals surface area contributed by atoms with E-state index in [4.69, 9.17) is 0 Å². The predicted molar refractivity (Wildman–Crippen MR) is 73.6 cm³/mol. The summed E-state index contributed by atoms with van der Waals surface area (Å²) in [4.78, 5) is 12.4. The van der Waals surface area contributed by atoms with Crippen molar-refractivity contribution in [2.24, 2.45) is 0 Å². The normalized spacial score (nSPS) is 10.1. The van der Waals surface area contributed by atoms with Crippen LogP contribution in [0.3, 0.4) is 0 Å². The highest BCUT2D eigenvalue weighted by Gasteiger charge is 2.13. The van der Waals surface area contributed by atoms with Gasteiger partial charge in [-0.15, -0.1) is 11.3 Å². The quantitative estimate of drug-likeness (QED) is 0.669. The first-order chi connectivity index (χ1) is 8.70. The third kappa shape index (κ3) is 3.04. The van der Waals surface area contributed by atoms with Crippen molar-refractivity contribution in [3.63, 3.8) is 0 Å². The van der Waals surface area contributed by atoms with Gasteiger partial charge in [-0.25, -0.2) is 4.79 Å². The summed E-state index contributed by atoms with van der Waals surface area (Å²) in [6, 6.07) is 11.2. The third-order valence-electron chi connectivity index (χ3n) is 2.17. The first-order valence-electron chi connectivity index (χ1n) is 5.23. The Kier molecular flexibility index (Phi) is 4.24. The summed E-state index contributed by atoms with van der Waals surface area (Å²) in [7, 11) is 1.47. The fourth-order valence-corrected chi connectivity index (χ4v) is 3.22. The Hall–Kier alpha value is -1.50. The molecule has 18 heavy (non-hydrogen) atoms.